The van der Waals surface area contributed by atoms with E-state index in [1.807, 2.05) is 6.07 Å². The highest BCUT2D eigenvalue weighted by molar-refractivity contribution is 6.98. The van der Waals surface area contributed by atoms with Crippen LogP contribution in [0.25, 0.3) is 66.1 Å². The highest BCUT2D eigenvalue weighted by Crippen LogP contribution is 2.40. The topological polar surface area (TPSA) is 28.3 Å². The second-order valence-corrected chi connectivity index (χ2v) is 14.1. The lowest BCUT2D eigenvalue weighted by atomic mass is 9.34. The van der Waals surface area contributed by atoms with E-state index >= 15 is 0 Å². The Labute approximate surface area is 305 Å². The minimum Gasteiger partial charge on any atom is -0.458 e. The van der Waals surface area contributed by atoms with Crippen LogP contribution < -0.4 is 25.9 Å². The number of benzene rings is 8. The monoisotopic (exact) mass is 676 g/mol. The van der Waals surface area contributed by atoms with Crippen LogP contribution in [0.2, 0.25) is 0 Å². The standard InChI is InChI=1S/C48H29BN2O2/c1-2-12-30(13-3-1)31-26-46-48-47(27-31)53-45-25-23-33(51-42-20-10-6-16-36(42)37-17-7-11-21-43(37)51)29-39(45)49(48)38-28-32(22-24-44(38)52-46)50-40-18-8-4-14-34(40)35-15-5-9-19-41(35)50/h1-29H. The summed E-state index contributed by atoms with van der Waals surface area (Å²) in [5, 5.41) is 4.96. The van der Waals surface area contributed by atoms with Crippen LogP contribution in [-0.2, 0) is 0 Å². The quantitative estimate of drug-likeness (QED) is 0.174. The first kappa shape index (κ1) is 28.7. The summed E-state index contributed by atoms with van der Waals surface area (Å²) in [6, 6.07) is 62.9. The zero-order valence-corrected chi connectivity index (χ0v) is 28.5. The fraction of sp³-hybridized carbons (Fsp3) is 0. The molecule has 0 saturated heterocycles. The van der Waals surface area contributed by atoms with E-state index in [2.05, 4.69) is 179 Å². The van der Waals surface area contributed by atoms with Crippen LogP contribution in [0.5, 0.6) is 23.0 Å². The van der Waals surface area contributed by atoms with Crippen molar-refractivity contribution in [2.45, 2.75) is 0 Å². The van der Waals surface area contributed by atoms with Crippen LogP contribution in [0, 0.1) is 0 Å². The van der Waals surface area contributed by atoms with Crippen LogP contribution >= 0.6 is 0 Å². The number of rotatable bonds is 3. The second kappa shape index (κ2) is 10.8. The van der Waals surface area contributed by atoms with E-state index in [0.717, 1.165) is 61.9 Å². The molecule has 4 heterocycles. The van der Waals surface area contributed by atoms with E-state index in [4.69, 9.17) is 9.47 Å². The first-order valence-electron chi connectivity index (χ1n) is 18.1. The summed E-state index contributed by atoms with van der Waals surface area (Å²) in [5.74, 6) is 3.38. The van der Waals surface area contributed by atoms with Crippen molar-refractivity contribution in [3.05, 3.63) is 176 Å². The third-order valence-corrected chi connectivity index (χ3v) is 11.2. The number of hydrogen-bond donors (Lipinski definition) is 0. The van der Waals surface area contributed by atoms with Crippen LogP contribution in [0.1, 0.15) is 0 Å². The molecule has 0 bridgehead atoms. The van der Waals surface area contributed by atoms with Crippen LogP contribution in [0.3, 0.4) is 0 Å². The first-order valence-corrected chi connectivity index (χ1v) is 18.1. The second-order valence-electron chi connectivity index (χ2n) is 14.1. The Morgan fingerprint density at radius 1 is 0.340 bits per heavy atom. The van der Waals surface area contributed by atoms with Crippen molar-refractivity contribution in [1.82, 2.24) is 9.13 Å². The van der Waals surface area contributed by atoms with Gasteiger partial charge in [0, 0.05) is 38.4 Å². The van der Waals surface area contributed by atoms with E-state index in [0.29, 0.717) is 0 Å². The normalized spacial score (nSPS) is 12.8. The fourth-order valence-corrected chi connectivity index (χ4v) is 8.96. The molecule has 0 fully saturated rings. The van der Waals surface area contributed by atoms with Crippen molar-refractivity contribution in [3.8, 4) is 45.5 Å². The smallest absolute Gasteiger partial charge is 0.260 e. The molecule has 53 heavy (non-hydrogen) atoms. The molecule has 0 N–H and O–H groups in total. The van der Waals surface area contributed by atoms with Crippen LogP contribution in [0.15, 0.2) is 176 Å². The molecule has 4 nitrogen and oxygen atoms in total. The van der Waals surface area contributed by atoms with Crippen molar-refractivity contribution in [3.63, 3.8) is 0 Å². The SMILES string of the molecule is c1ccc(-c2cc3c4c(c2)Oc2ccc(-n5c6ccccc6c6ccccc65)cc2B4c2cc(-n4c5ccccc5c5ccccc54)ccc2O3)cc1. The van der Waals surface area contributed by atoms with Gasteiger partial charge in [0.05, 0.1) is 22.1 Å². The van der Waals surface area contributed by atoms with Gasteiger partial charge in [0.1, 0.15) is 23.0 Å². The molecule has 2 aliphatic rings. The Hall–Kier alpha value is -6.98. The summed E-state index contributed by atoms with van der Waals surface area (Å²) in [6.45, 7) is -0.113. The van der Waals surface area contributed by atoms with Crippen molar-refractivity contribution >= 4 is 66.7 Å². The Morgan fingerprint density at radius 3 is 1.17 bits per heavy atom. The van der Waals surface area contributed by atoms with Gasteiger partial charge in [0.25, 0.3) is 6.71 Å². The fourth-order valence-electron chi connectivity index (χ4n) is 8.96. The molecule has 0 unspecified atom stereocenters. The molecule has 2 aromatic heterocycles. The predicted molar refractivity (Wildman–Crippen MR) is 218 cm³/mol. The maximum Gasteiger partial charge on any atom is 0.260 e. The van der Waals surface area contributed by atoms with Gasteiger partial charge in [-0.1, -0.05) is 103 Å². The third-order valence-electron chi connectivity index (χ3n) is 11.2. The highest BCUT2D eigenvalue weighted by Gasteiger charge is 2.41. The van der Waals surface area contributed by atoms with E-state index in [9.17, 15) is 0 Å². The minimum absolute atomic E-state index is 0.113. The summed E-state index contributed by atoms with van der Waals surface area (Å²) in [6.07, 6.45) is 0. The van der Waals surface area contributed by atoms with E-state index in [1.165, 1.54) is 43.6 Å². The van der Waals surface area contributed by atoms with E-state index in [-0.39, 0.29) is 6.71 Å². The molecular formula is C48H29BN2O2. The van der Waals surface area contributed by atoms with Gasteiger partial charge in [0.15, 0.2) is 0 Å². The molecule has 8 aromatic carbocycles. The average Bonchev–Trinajstić information content (AvgIpc) is 3.74. The first-order chi connectivity index (χ1) is 26.3. The largest absolute Gasteiger partial charge is 0.458 e. The van der Waals surface area contributed by atoms with E-state index in [1.54, 1.807) is 0 Å². The number of aromatic nitrogens is 2. The van der Waals surface area contributed by atoms with Crippen molar-refractivity contribution in [2.75, 3.05) is 0 Å². The van der Waals surface area contributed by atoms with Gasteiger partial charge < -0.3 is 18.6 Å². The average molecular weight is 677 g/mol. The molecule has 10 aromatic rings. The zero-order valence-electron chi connectivity index (χ0n) is 28.5. The molecule has 0 aliphatic carbocycles. The van der Waals surface area contributed by atoms with Gasteiger partial charge >= 0.3 is 0 Å². The zero-order chi connectivity index (χ0) is 34.6. The summed E-state index contributed by atoms with van der Waals surface area (Å²) in [7, 11) is 0. The molecule has 0 amide bonds. The molecule has 2 aliphatic heterocycles. The third kappa shape index (κ3) is 4.07. The van der Waals surface area contributed by atoms with Crippen LogP contribution in [0.4, 0.5) is 0 Å². The molecule has 0 radical (unpaired) electrons. The Morgan fingerprint density at radius 2 is 0.736 bits per heavy atom. The maximum atomic E-state index is 6.87. The molecule has 0 spiro atoms. The van der Waals surface area contributed by atoms with Crippen LogP contribution in [-0.4, -0.2) is 15.8 Å². The summed E-state index contributed by atoms with van der Waals surface area (Å²) in [4.78, 5) is 0. The Balaban J connectivity index is 1.12. The molecular weight excluding hydrogens is 647 g/mol. The highest BCUT2D eigenvalue weighted by atomic mass is 16.5. The summed E-state index contributed by atoms with van der Waals surface area (Å²) in [5.41, 5.74) is 12.4. The Bertz CT molecular complexity index is 2840. The molecule has 12 rings (SSSR count). The number of fused-ring (bicyclic) bond motifs is 10. The molecule has 5 heteroatoms. The lowest BCUT2D eigenvalue weighted by molar-refractivity contribution is 0.465. The van der Waals surface area contributed by atoms with Gasteiger partial charge in [-0.3, -0.25) is 0 Å². The molecule has 246 valence electrons. The predicted octanol–water partition coefficient (Wildman–Crippen LogP) is 10.3. The van der Waals surface area contributed by atoms with Crippen molar-refractivity contribution < 1.29 is 9.47 Å². The van der Waals surface area contributed by atoms with Crippen molar-refractivity contribution in [1.29, 1.82) is 0 Å². The minimum atomic E-state index is -0.113. The van der Waals surface area contributed by atoms with Crippen molar-refractivity contribution in [2.24, 2.45) is 0 Å². The number of ether oxygens (including phenoxy) is 2. The van der Waals surface area contributed by atoms with Gasteiger partial charge in [-0.25, -0.2) is 0 Å². The Kier molecular flexibility index (Phi) is 5.83. The van der Waals surface area contributed by atoms with E-state index < -0.39 is 0 Å². The number of hydrogen-bond acceptors (Lipinski definition) is 2. The lowest BCUT2D eigenvalue weighted by Crippen LogP contribution is -2.57. The van der Waals surface area contributed by atoms with Gasteiger partial charge in [0.2, 0.25) is 0 Å². The summed E-state index contributed by atoms with van der Waals surface area (Å²) >= 11 is 0. The molecule has 0 saturated carbocycles. The number of para-hydroxylation sites is 4. The van der Waals surface area contributed by atoms with Gasteiger partial charge in [-0.2, -0.15) is 0 Å². The maximum absolute atomic E-state index is 6.87. The number of nitrogens with zero attached hydrogens (tertiary/aromatic N) is 2. The van der Waals surface area contributed by atoms with Gasteiger partial charge in [-0.05, 0) is 94.8 Å². The van der Waals surface area contributed by atoms with Gasteiger partial charge in [-0.15, -0.1) is 0 Å². The molecule has 0 atom stereocenters. The summed E-state index contributed by atoms with van der Waals surface area (Å²) < 4.78 is 18.5. The lowest BCUT2D eigenvalue weighted by Gasteiger charge is -2.34.